The second-order valence-corrected chi connectivity index (χ2v) is 6.35. The standard InChI is InChI=1S/C15H15BrClNO2/c1-2-20-15(19)14-8-11-12(17)6-9(16)7-13(11)18(14)10-4-3-5-10/h6-8,10H,2-5H2,1H3. The number of nitrogens with zero attached hydrogens (tertiary/aromatic N) is 1. The number of hydrogen-bond donors (Lipinski definition) is 0. The number of esters is 1. The lowest BCUT2D eigenvalue weighted by Crippen LogP contribution is -2.21. The first-order valence-electron chi connectivity index (χ1n) is 6.79. The van der Waals surface area contributed by atoms with Crippen LogP contribution in [0.3, 0.4) is 0 Å². The maximum atomic E-state index is 12.2. The number of halogens is 2. The summed E-state index contributed by atoms with van der Waals surface area (Å²) >= 11 is 9.77. The first-order valence-corrected chi connectivity index (χ1v) is 7.96. The van der Waals surface area contributed by atoms with Crippen molar-refractivity contribution in [3.63, 3.8) is 0 Å². The highest BCUT2D eigenvalue weighted by Crippen LogP contribution is 2.39. The minimum atomic E-state index is -0.275. The Kier molecular flexibility index (Phi) is 3.78. The number of ether oxygens (including phenoxy) is 1. The number of hydrogen-bond acceptors (Lipinski definition) is 2. The van der Waals surface area contributed by atoms with Gasteiger partial charge in [0.15, 0.2) is 0 Å². The molecule has 0 unspecified atom stereocenters. The van der Waals surface area contributed by atoms with Crippen molar-refractivity contribution < 1.29 is 9.53 Å². The quantitative estimate of drug-likeness (QED) is 0.728. The molecule has 0 N–H and O–H groups in total. The van der Waals surface area contributed by atoms with Crippen LogP contribution in [0.25, 0.3) is 10.9 Å². The van der Waals surface area contributed by atoms with Gasteiger partial charge < -0.3 is 9.30 Å². The smallest absolute Gasteiger partial charge is 0.354 e. The fraction of sp³-hybridized carbons (Fsp3) is 0.400. The zero-order valence-corrected chi connectivity index (χ0v) is 13.5. The van der Waals surface area contributed by atoms with Crippen molar-refractivity contribution in [2.24, 2.45) is 0 Å². The average Bonchev–Trinajstić information content (AvgIpc) is 2.67. The predicted octanol–water partition coefficient (Wildman–Crippen LogP) is 4.96. The molecule has 1 aromatic heterocycles. The minimum absolute atomic E-state index is 0.275. The van der Waals surface area contributed by atoms with Crippen LogP contribution in [0.5, 0.6) is 0 Å². The fourth-order valence-corrected chi connectivity index (χ4v) is 3.50. The van der Waals surface area contributed by atoms with Gasteiger partial charge in [-0.15, -0.1) is 0 Å². The minimum Gasteiger partial charge on any atom is -0.461 e. The van der Waals surface area contributed by atoms with E-state index < -0.39 is 0 Å². The Labute approximate surface area is 131 Å². The van der Waals surface area contributed by atoms with Gasteiger partial charge in [0.1, 0.15) is 5.69 Å². The van der Waals surface area contributed by atoms with Gasteiger partial charge >= 0.3 is 5.97 Å². The third-order valence-electron chi connectivity index (χ3n) is 3.80. The molecule has 0 atom stereocenters. The monoisotopic (exact) mass is 355 g/mol. The van der Waals surface area contributed by atoms with Gasteiger partial charge in [0.25, 0.3) is 0 Å². The van der Waals surface area contributed by atoms with Crippen LogP contribution in [0.2, 0.25) is 5.02 Å². The molecule has 106 valence electrons. The van der Waals surface area contributed by atoms with Crippen molar-refractivity contribution in [3.05, 3.63) is 33.4 Å². The molecule has 1 aromatic carbocycles. The zero-order chi connectivity index (χ0) is 14.3. The van der Waals surface area contributed by atoms with Gasteiger partial charge in [-0.3, -0.25) is 0 Å². The third-order valence-corrected chi connectivity index (χ3v) is 4.57. The first-order chi connectivity index (χ1) is 9.61. The molecule has 5 heteroatoms. The van der Waals surface area contributed by atoms with E-state index in [-0.39, 0.29) is 5.97 Å². The Balaban J connectivity index is 2.22. The molecule has 1 saturated carbocycles. The summed E-state index contributed by atoms with van der Waals surface area (Å²) in [5.74, 6) is -0.275. The molecule has 0 saturated heterocycles. The Morgan fingerprint density at radius 3 is 2.80 bits per heavy atom. The van der Waals surface area contributed by atoms with Gasteiger partial charge in [0, 0.05) is 15.9 Å². The molecule has 0 bridgehead atoms. The topological polar surface area (TPSA) is 31.2 Å². The molecule has 0 amide bonds. The number of fused-ring (bicyclic) bond motifs is 1. The van der Waals surface area contributed by atoms with Gasteiger partial charge in [0.2, 0.25) is 0 Å². The maximum absolute atomic E-state index is 12.2. The zero-order valence-electron chi connectivity index (χ0n) is 11.2. The lowest BCUT2D eigenvalue weighted by Gasteiger charge is -2.29. The molecule has 1 heterocycles. The van der Waals surface area contributed by atoms with Gasteiger partial charge in [-0.25, -0.2) is 4.79 Å². The molecule has 3 rings (SSSR count). The lowest BCUT2D eigenvalue weighted by atomic mass is 9.92. The number of carbonyl (C=O) groups is 1. The normalized spacial score (nSPS) is 15.3. The number of rotatable bonds is 3. The molecule has 1 aliphatic rings. The van der Waals surface area contributed by atoms with E-state index in [1.54, 1.807) is 0 Å². The SMILES string of the molecule is CCOC(=O)c1cc2c(Cl)cc(Br)cc2n1C1CCC1. The van der Waals surface area contributed by atoms with Crippen molar-refractivity contribution in [2.75, 3.05) is 6.61 Å². The van der Waals surface area contributed by atoms with Crippen LogP contribution in [0.4, 0.5) is 0 Å². The molecule has 2 aromatic rings. The molecular formula is C15H15BrClNO2. The van der Waals surface area contributed by atoms with E-state index in [1.165, 1.54) is 6.42 Å². The highest BCUT2D eigenvalue weighted by molar-refractivity contribution is 9.10. The van der Waals surface area contributed by atoms with Crippen molar-refractivity contribution in [2.45, 2.75) is 32.2 Å². The predicted molar refractivity (Wildman–Crippen MR) is 83.5 cm³/mol. The van der Waals surface area contributed by atoms with Crippen molar-refractivity contribution in [3.8, 4) is 0 Å². The van der Waals surface area contributed by atoms with E-state index in [2.05, 4.69) is 20.5 Å². The van der Waals surface area contributed by atoms with E-state index in [9.17, 15) is 4.79 Å². The first kappa shape index (κ1) is 14.0. The summed E-state index contributed by atoms with van der Waals surface area (Å²) < 4.78 is 8.18. The molecule has 1 aliphatic carbocycles. The van der Waals surface area contributed by atoms with Crippen LogP contribution >= 0.6 is 27.5 Å². The fourth-order valence-electron chi connectivity index (χ4n) is 2.65. The van der Waals surface area contributed by atoms with Crippen LogP contribution in [-0.2, 0) is 4.74 Å². The largest absolute Gasteiger partial charge is 0.461 e. The summed E-state index contributed by atoms with van der Waals surface area (Å²) in [5, 5.41) is 1.56. The number of benzene rings is 1. The van der Waals surface area contributed by atoms with E-state index >= 15 is 0 Å². The van der Waals surface area contributed by atoms with Gasteiger partial charge in [-0.2, -0.15) is 0 Å². The van der Waals surface area contributed by atoms with Crippen LogP contribution in [0, 0.1) is 0 Å². The van der Waals surface area contributed by atoms with Gasteiger partial charge in [-0.1, -0.05) is 27.5 Å². The Morgan fingerprint density at radius 2 is 2.20 bits per heavy atom. The number of aromatic nitrogens is 1. The van der Waals surface area contributed by atoms with Crippen LogP contribution in [0.1, 0.15) is 42.7 Å². The average molecular weight is 357 g/mol. The summed E-state index contributed by atoms with van der Waals surface area (Å²) in [7, 11) is 0. The van der Waals surface area contributed by atoms with Crippen molar-refractivity contribution in [1.29, 1.82) is 0 Å². The Morgan fingerprint density at radius 1 is 1.45 bits per heavy atom. The van der Waals surface area contributed by atoms with Crippen LogP contribution in [-0.4, -0.2) is 17.1 Å². The summed E-state index contributed by atoms with van der Waals surface area (Å²) in [6.45, 7) is 2.19. The van der Waals surface area contributed by atoms with Gasteiger partial charge in [-0.05, 0) is 44.4 Å². The van der Waals surface area contributed by atoms with Crippen molar-refractivity contribution in [1.82, 2.24) is 4.57 Å². The second-order valence-electron chi connectivity index (χ2n) is 5.03. The highest BCUT2D eigenvalue weighted by Gasteiger charge is 2.27. The summed E-state index contributed by atoms with van der Waals surface area (Å²) in [6, 6.07) is 6.09. The molecule has 0 radical (unpaired) electrons. The molecule has 1 fully saturated rings. The molecule has 0 aliphatic heterocycles. The summed E-state index contributed by atoms with van der Waals surface area (Å²) in [6.07, 6.45) is 3.40. The lowest BCUT2D eigenvalue weighted by molar-refractivity contribution is 0.0508. The Hall–Kier alpha value is -1.00. The van der Waals surface area contributed by atoms with Crippen LogP contribution < -0.4 is 0 Å². The van der Waals surface area contributed by atoms with E-state index in [0.29, 0.717) is 23.4 Å². The Bertz CT molecular complexity index is 676. The van der Waals surface area contributed by atoms with Crippen LogP contribution in [0.15, 0.2) is 22.7 Å². The molecule has 0 spiro atoms. The second kappa shape index (κ2) is 5.41. The molecule has 20 heavy (non-hydrogen) atoms. The molecular weight excluding hydrogens is 342 g/mol. The third kappa shape index (κ3) is 2.25. The number of carbonyl (C=O) groups excluding carboxylic acids is 1. The maximum Gasteiger partial charge on any atom is 0.354 e. The summed E-state index contributed by atoms with van der Waals surface area (Å²) in [5.41, 5.74) is 1.60. The summed E-state index contributed by atoms with van der Waals surface area (Å²) in [4.78, 5) is 12.2. The van der Waals surface area contributed by atoms with E-state index in [0.717, 1.165) is 28.2 Å². The van der Waals surface area contributed by atoms with Crippen molar-refractivity contribution >= 4 is 44.4 Å². The van der Waals surface area contributed by atoms with E-state index in [1.807, 2.05) is 25.1 Å². The molecule has 3 nitrogen and oxygen atoms in total. The highest BCUT2D eigenvalue weighted by atomic mass is 79.9. The van der Waals surface area contributed by atoms with E-state index in [4.69, 9.17) is 16.3 Å². The van der Waals surface area contributed by atoms with Gasteiger partial charge in [0.05, 0.1) is 17.1 Å².